The van der Waals surface area contributed by atoms with Gasteiger partial charge in [-0.05, 0) is 12.8 Å². The zero-order valence-corrected chi connectivity index (χ0v) is 9.54. The molecule has 3 N–H and O–H groups in total. The Labute approximate surface area is 95.9 Å². The first-order valence-corrected chi connectivity index (χ1v) is 5.50. The summed E-state index contributed by atoms with van der Waals surface area (Å²) in [5.74, 6) is -1.03. The number of carboxylic acid groups (broad SMARTS) is 1. The molecule has 0 aliphatic rings. The van der Waals surface area contributed by atoms with Gasteiger partial charge in [0, 0.05) is 6.08 Å². The smallest absolute Gasteiger partial charge is 0.327 e. The van der Waals surface area contributed by atoms with E-state index >= 15 is 0 Å². The average molecular weight is 228 g/mol. The molecule has 0 heterocycles. The Bertz CT molecular complexity index is 245. The predicted octanol–water partition coefficient (Wildman–Crippen LogP) is 1.49. The van der Waals surface area contributed by atoms with Gasteiger partial charge in [0.15, 0.2) is 0 Å². The second-order valence-corrected chi connectivity index (χ2v) is 3.64. The summed E-state index contributed by atoms with van der Waals surface area (Å²) in [5.41, 5.74) is 0. The average Bonchev–Trinajstić information content (AvgIpc) is 2.23. The van der Waals surface area contributed by atoms with Crippen LogP contribution in [0.4, 0.5) is 0 Å². The molecule has 92 valence electrons. The highest BCUT2D eigenvalue weighted by Gasteiger charge is 2.00. The number of aliphatic hydroxyl groups is 2. The van der Waals surface area contributed by atoms with E-state index in [1.165, 1.54) is 12.2 Å². The Kier molecular flexibility index (Phi) is 8.48. The fourth-order valence-electron chi connectivity index (χ4n) is 1.15. The maximum atomic E-state index is 10.1. The van der Waals surface area contributed by atoms with Gasteiger partial charge in [-0.15, -0.1) is 0 Å². The summed E-state index contributed by atoms with van der Waals surface area (Å²) in [6.45, 7) is 2.04. The number of aliphatic carboxylic acids is 1. The van der Waals surface area contributed by atoms with Gasteiger partial charge in [0.25, 0.3) is 0 Å². The van der Waals surface area contributed by atoms with Crippen molar-refractivity contribution in [1.82, 2.24) is 0 Å². The second kappa shape index (κ2) is 9.12. The molecule has 2 unspecified atom stereocenters. The normalized spacial score (nSPS) is 15.7. The molecule has 0 bridgehead atoms. The second-order valence-electron chi connectivity index (χ2n) is 3.64. The molecule has 0 aromatic rings. The lowest BCUT2D eigenvalue weighted by Crippen LogP contribution is -2.06. The molecular weight excluding hydrogens is 208 g/mol. The van der Waals surface area contributed by atoms with Crippen LogP contribution in [0.5, 0.6) is 0 Å². The van der Waals surface area contributed by atoms with Gasteiger partial charge in [-0.2, -0.15) is 0 Å². The first kappa shape index (κ1) is 14.9. The molecule has 0 radical (unpaired) electrons. The summed E-state index contributed by atoms with van der Waals surface area (Å²) in [7, 11) is 0. The zero-order chi connectivity index (χ0) is 12.4. The van der Waals surface area contributed by atoms with E-state index in [-0.39, 0.29) is 6.42 Å². The highest BCUT2D eigenvalue weighted by molar-refractivity contribution is 5.79. The van der Waals surface area contributed by atoms with E-state index in [1.807, 2.05) is 6.92 Å². The van der Waals surface area contributed by atoms with Crippen molar-refractivity contribution in [1.29, 1.82) is 0 Å². The standard InChI is InChI=1S/C12H20O4/c1-2-3-5-10(13)8-9-11(14)6-4-7-12(15)16/h4,7-11,13-14H,2-3,5-6H2,1H3,(H,15,16). The van der Waals surface area contributed by atoms with Crippen LogP contribution in [-0.4, -0.2) is 33.5 Å². The Morgan fingerprint density at radius 3 is 2.44 bits per heavy atom. The maximum absolute atomic E-state index is 10.1. The van der Waals surface area contributed by atoms with Crippen LogP contribution in [0.25, 0.3) is 0 Å². The van der Waals surface area contributed by atoms with Crippen molar-refractivity contribution in [2.45, 2.75) is 44.8 Å². The molecular formula is C12H20O4. The van der Waals surface area contributed by atoms with Crippen molar-refractivity contribution in [3.05, 3.63) is 24.3 Å². The Hall–Kier alpha value is -1.13. The lowest BCUT2D eigenvalue weighted by atomic mass is 10.1. The molecule has 16 heavy (non-hydrogen) atoms. The van der Waals surface area contributed by atoms with E-state index in [4.69, 9.17) is 5.11 Å². The molecule has 4 heteroatoms. The van der Waals surface area contributed by atoms with Crippen molar-refractivity contribution in [2.24, 2.45) is 0 Å². The molecule has 0 amide bonds. The molecule has 0 saturated heterocycles. The first-order chi connectivity index (χ1) is 7.56. The van der Waals surface area contributed by atoms with Crippen molar-refractivity contribution in [2.75, 3.05) is 0 Å². The van der Waals surface area contributed by atoms with Gasteiger partial charge in [0.2, 0.25) is 0 Å². The maximum Gasteiger partial charge on any atom is 0.327 e. The molecule has 0 aromatic heterocycles. The number of hydrogen-bond acceptors (Lipinski definition) is 3. The Morgan fingerprint density at radius 2 is 1.88 bits per heavy atom. The summed E-state index contributed by atoms with van der Waals surface area (Å²) in [6, 6.07) is 0. The fraction of sp³-hybridized carbons (Fsp3) is 0.583. The van der Waals surface area contributed by atoms with Gasteiger partial charge in [0.1, 0.15) is 0 Å². The van der Waals surface area contributed by atoms with Crippen LogP contribution >= 0.6 is 0 Å². The SMILES string of the molecule is CCCCC(O)C=CC(O)CC=CC(=O)O. The minimum absolute atomic E-state index is 0.239. The van der Waals surface area contributed by atoms with Gasteiger partial charge in [0.05, 0.1) is 12.2 Å². The van der Waals surface area contributed by atoms with E-state index in [1.54, 1.807) is 6.08 Å². The van der Waals surface area contributed by atoms with Crippen LogP contribution in [0.1, 0.15) is 32.6 Å². The van der Waals surface area contributed by atoms with Gasteiger partial charge < -0.3 is 15.3 Å². The summed E-state index contributed by atoms with van der Waals surface area (Å²) in [4.78, 5) is 10.1. The van der Waals surface area contributed by atoms with Crippen LogP contribution < -0.4 is 0 Å². The highest BCUT2D eigenvalue weighted by atomic mass is 16.4. The molecule has 0 saturated carbocycles. The van der Waals surface area contributed by atoms with Crippen LogP contribution in [0.2, 0.25) is 0 Å². The van der Waals surface area contributed by atoms with Crippen molar-refractivity contribution in [3.63, 3.8) is 0 Å². The Morgan fingerprint density at radius 1 is 1.25 bits per heavy atom. The van der Waals surface area contributed by atoms with Crippen LogP contribution in [0.3, 0.4) is 0 Å². The van der Waals surface area contributed by atoms with E-state index in [9.17, 15) is 15.0 Å². The minimum atomic E-state index is -1.03. The topological polar surface area (TPSA) is 77.8 Å². The van der Waals surface area contributed by atoms with E-state index in [2.05, 4.69) is 0 Å². The monoisotopic (exact) mass is 228 g/mol. The fourth-order valence-corrected chi connectivity index (χ4v) is 1.15. The van der Waals surface area contributed by atoms with Gasteiger partial charge >= 0.3 is 5.97 Å². The van der Waals surface area contributed by atoms with E-state index in [0.717, 1.165) is 18.9 Å². The molecule has 0 rings (SSSR count). The lowest BCUT2D eigenvalue weighted by Gasteiger charge is -2.05. The first-order valence-electron chi connectivity index (χ1n) is 5.50. The Balaban J connectivity index is 3.80. The summed E-state index contributed by atoms with van der Waals surface area (Å²) in [5, 5.41) is 27.1. The number of hydrogen-bond donors (Lipinski definition) is 3. The van der Waals surface area contributed by atoms with Crippen molar-refractivity contribution >= 4 is 5.97 Å². The summed E-state index contributed by atoms with van der Waals surface area (Å²) >= 11 is 0. The number of unbranched alkanes of at least 4 members (excludes halogenated alkanes) is 1. The van der Waals surface area contributed by atoms with Crippen LogP contribution in [-0.2, 0) is 4.79 Å². The van der Waals surface area contributed by atoms with Crippen molar-refractivity contribution in [3.8, 4) is 0 Å². The predicted molar refractivity (Wildman–Crippen MR) is 62.1 cm³/mol. The van der Waals surface area contributed by atoms with E-state index in [0.29, 0.717) is 6.42 Å². The molecule has 0 spiro atoms. The quantitative estimate of drug-likeness (QED) is 0.434. The van der Waals surface area contributed by atoms with Gasteiger partial charge in [-0.1, -0.05) is 38.0 Å². The molecule has 0 aliphatic carbocycles. The third-order valence-corrected chi connectivity index (χ3v) is 2.05. The number of carbonyl (C=O) groups is 1. The van der Waals surface area contributed by atoms with E-state index < -0.39 is 18.2 Å². The summed E-state index contributed by atoms with van der Waals surface area (Å²) in [6.07, 6.45) is 7.04. The number of carboxylic acids is 1. The summed E-state index contributed by atoms with van der Waals surface area (Å²) < 4.78 is 0. The molecule has 4 nitrogen and oxygen atoms in total. The van der Waals surface area contributed by atoms with Gasteiger partial charge in [-0.25, -0.2) is 4.79 Å². The van der Waals surface area contributed by atoms with Crippen LogP contribution in [0.15, 0.2) is 24.3 Å². The van der Waals surface area contributed by atoms with Crippen LogP contribution in [0, 0.1) is 0 Å². The lowest BCUT2D eigenvalue weighted by molar-refractivity contribution is -0.131. The third-order valence-electron chi connectivity index (χ3n) is 2.05. The van der Waals surface area contributed by atoms with Gasteiger partial charge in [-0.3, -0.25) is 0 Å². The zero-order valence-electron chi connectivity index (χ0n) is 9.54. The number of rotatable bonds is 8. The molecule has 2 atom stereocenters. The third kappa shape index (κ3) is 9.43. The molecule has 0 fully saturated rings. The largest absolute Gasteiger partial charge is 0.478 e. The number of aliphatic hydroxyl groups excluding tert-OH is 2. The highest BCUT2D eigenvalue weighted by Crippen LogP contribution is 2.03. The van der Waals surface area contributed by atoms with Crippen molar-refractivity contribution < 1.29 is 20.1 Å². The minimum Gasteiger partial charge on any atom is -0.478 e. The molecule has 0 aliphatic heterocycles. The molecule has 0 aromatic carbocycles.